The van der Waals surface area contributed by atoms with E-state index in [1.54, 1.807) is 6.20 Å². The van der Waals surface area contributed by atoms with Gasteiger partial charge in [-0.15, -0.1) is 11.3 Å². The number of thiazole rings is 1. The second-order valence-corrected chi connectivity index (χ2v) is 5.30. The monoisotopic (exact) mass is 271 g/mol. The third-order valence-corrected chi connectivity index (χ3v) is 3.08. The van der Waals surface area contributed by atoms with Crippen molar-refractivity contribution in [2.24, 2.45) is 0 Å². The summed E-state index contributed by atoms with van der Waals surface area (Å²) in [5.41, 5.74) is 0. The third kappa shape index (κ3) is 5.62. The molecule has 0 radical (unpaired) electrons. The lowest BCUT2D eigenvalue weighted by Crippen LogP contribution is -2.36. The van der Waals surface area contributed by atoms with E-state index in [0.29, 0.717) is 18.0 Å². The molecule has 0 spiro atoms. The van der Waals surface area contributed by atoms with E-state index in [-0.39, 0.29) is 18.5 Å². The fourth-order valence-corrected chi connectivity index (χ4v) is 2.06. The minimum absolute atomic E-state index is 0.0644. The Labute approximate surface area is 109 Å². The Morgan fingerprint density at radius 1 is 1.56 bits per heavy atom. The Bertz CT molecular complexity index is 419. The fraction of sp³-hybridized carbons (Fsp3) is 0.545. The molecule has 100 valence electrons. The van der Waals surface area contributed by atoms with Gasteiger partial charge in [-0.2, -0.15) is 0 Å². The van der Waals surface area contributed by atoms with E-state index in [4.69, 9.17) is 5.11 Å². The van der Waals surface area contributed by atoms with Crippen molar-refractivity contribution in [2.75, 3.05) is 5.32 Å². The van der Waals surface area contributed by atoms with Crippen LogP contribution < -0.4 is 10.6 Å². The first-order valence-corrected chi connectivity index (χ1v) is 6.50. The van der Waals surface area contributed by atoms with Crippen LogP contribution >= 0.6 is 11.3 Å². The molecule has 0 saturated carbocycles. The number of hydrogen-bond acceptors (Lipinski definition) is 4. The molecule has 0 aromatic carbocycles. The number of nitrogens with one attached hydrogen (secondary N) is 2. The minimum atomic E-state index is -0.815. The van der Waals surface area contributed by atoms with Gasteiger partial charge in [0.1, 0.15) is 0 Å². The van der Waals surface area contributed by atoms with Gasteiger partial charge in [0.2, 0.25) is 0 Å². The normalized spacial score (nSPS) is 11.9. The molecule has 0 aliphatic carbocycles. The lowest BCUT2D eigenvalue weighted by molar-refractivity contribution is -0.137. The molecule has 0 aliphatic heterocycles. The number of carbonyl (C=O) groups excluding carboxylic acids is 1. The maximum absolute atomic E-state index is 11.6. The van der Waals surface area contributed by atoms with Crippen molar-refractivity contribution in [3.63, 3.8) is 0 Å². The number of rotatable bonds is 6. The van der Waals surface area contributed by atoms with Gasteiger partial charge in [-0.3, -0.25) is 10.1 Å². The number of carboxylic acids is 1. The Kier molecular flexibility index (Phi) is 5.57. The second kappa shape index (κ2) is 6.95. The quantitative estimate of drug-likeness (QED) is 0.739. The SMILES string of the molecule is Cc1cnc(NC(=O)NC(C)CCCC(=O)O)s1. The predicted octanol–water partition coefficient (Wildman–Crippen LogP) is 2.22. The summed E-state index contributed by atoms with van der Waals surface area (Å²) in [5.74, 6) is -0.815. The number of aromatic nitrogens is 1. The maximum Gasteiger partial charge on any atom is 0.321 e. The van der Waals surface area contributed by atoms with Crippen molar-refractivity contribution in [1.29, 1.82) is 0 Å². The molecule has 0 bridgehead atoms. The molecule has 1 aromatic rings. The third-order valence-electron chi connectivity index (χ3n) is 2.25. The summed E-state index contributed by atoms with van der Waals surface area (Å²) in [6.07, 6.45) is 3.00. The van der Waals surface area contributed by atoms with Crippen LogP contribution in [0.15, 0.2) is 6.20 Å². The average molecular weight is 271 g/mol. The van der Waals surface area contributed by atoms with Gasteiger partial charge in [0.15, 0.2) is 5.13 Å². The van der Waals surface area contributed by atoms with Crippen LogP contribution in [0.3, 0.4) is 0 Å². The molecule has 1 heterocycles. The van der Waals surface area contributed by atoms with E-state index in [1.807, 2.05) is 13.8 Å². The zero-order valence-electron chi connectivity index (χ0n) is 10.4. The number of hydrogen-bond donors (Lipinski definition) is 3. The van der Waals surface area contributed by atoms with Crippen LogP contribution in [0.1, 0.15) is 31.1 Å². The molecule has 0 fully saturated rings. The number of anilines is 1. The van der Waals surface area contributed by atoms with E-state index in [0.717, 1.165) is 4.88 Å². The Hall–Kier alpha value is -1.63. The molecule has 1 unspecified atom stereocenters. The summed E-state index contributed by atoms with van der Waals surface area (Å²) in [6, 6.07) is -0.377. The molecular weight excluding hydrogens is 254 g/mol. The standard InChI is InChI=1S/C11H17N3O3S/c1-7(4-3-5-9(15)16)13-10(17)14-11-12-6-8(2)18-11/h6-7H,3-5H2,1-2H3,(H,15,16)(H2,12,13,14,17). The van der Waals surface area contributed by atoms with E-state index >= 15 is 0 Å². The number of amides is 2. The number of aryl methyl sites for hydroxylation is 1. The first kappa shape index (κ1) is 14.4. The predicted molar refractivity (Wildman–Crippen MR) is 70.0 cm³/mol. The van der Waals surface area contributed by atoms with Crippen LogP contribution in [-0.4, -0.2) is 28.1 Å². The molecule has 1 rings (SSSR count). The van der Waals surface area contributed by atoms with Crippen LogP contribution in [-0.2, 0) is 4.79 Å². The second-order valence-electron chi connectivity index (χ2n) is 4.06. The van der Waals surface area contributed by atoms with Gasteiger partial charge in [0, 0.05) is 23.5 Å². The summed E-state index contributed by atoms with van der Waals surface area (Å²) < 4.78 is 0. The first-order chi connectivity index (χ1) is 8.47. The Morgan fingerprint density at radius 3 is 2.83 bits per heavy atom. The average Bonchev–Trinajstić information content (AvgIpc) is 2.62. The van der Waals surface area contributed by atoms with Crippen molar-refractivity contribution < 1.29 is 14.7 Å². The molecule has 7 heteroatoms. The van der Waals surface area contributed by atoms with Gasteiger partial charge in [-0.05, 0) is 26.7 Å². The van der Waals surface area contributed by atoms with Crippen molar-refractivity contribution in [3.05, 3.63) is 11.1 Å². The molecule has 6 nitrogen and oxygen atoms in total. The zero-order chi connectivity index (χ0) is 13.5. The minimum Gasteiger partial charge on any atom is -0.481 e. The Morgan fingerprint density at radius 2 is 2.28 bits per heavy atom. The summed E-state index contributed by atoms with van der Waals surface area (Å²) >= 11 is 1.40. The largest absolute Gasteiger partial charge is 0.481 e. The van der Waals surface area contributed by atoms with Gasteiger partial charge in [-0.25, -0.2) is 9.78 Å². The van der Waals surface area contributed by atoms with E-state index in [9.17, 15) is 9.59 Å². The molecule has 0 saturated heterocycles. The van der Waals surface area contributed by atoms with E-state index in [1.165, 1.54) is 11.3 Å². The van der Waals surface area contributed by atoms with Crippen LogP contribution in [0.5, 0.6) is 0 Å². The zero-order valence-corrected chi connectivity index (χ0v) is 11.2. The summed E-state index contributed by atoms with van der Waals surface area (Å²) in [7, 11) is 0. The molecule has 2 amide bonds. The molecule has 1 aromatic heterocycles. The summed E-state index contributed by atoms with van der Waals surface area (Å²) in [4.78, 5) is 26.9. The highest BCUT2D eigenvalue weighted by atomic mass is 32.1. The maximum atomic E-state index is 11.6. The van der Waals surface area contributed by atoms with Gasteiger partial charge >= 0.3 is 12.0 Å². The van der Waals surface area contributed by atoms with Crippen LogP contribution in [0.25, 0.3) is 0 Å². The highest BCUT2D eigenvalue weighted by Gasteiger charge is 2.09. The Balaban J connectivity index is 2.25. The highest BCUT2D eigenvalue weighted by molar-refractivity contribution is 7.15. The van der Waals surface area contributed by atoms with Crippen LogP contribution in [0, 0.1) is 6.92 Å². The molecule has 18 heavy (non-hydrogen) atoms. The summed E-state index contributed by atoms with van der Waals surface area (Å²) in [5, 5.41) is 14.4. The number of aliphatic carboxylic acids is 1. The van der Waals surface area contributed by atoms with E-state index in [2.05, 4.69) is 15.6 Å². The van der Waals surface area contributed by atoms with Crippen LogP contribution in [0.4, 0.5) is 9.93 Å². The van der Waals surface area contributed by atoms with Crippen molar-refractivity contribution in [1.82, 2.24) is 10.3 Å². The summed E-state index contributed by atoms with van der Waals surface area (Å²) in [6.45, 7) is 3.75. The van der Waals surface area contributed by atoms with Gasteiger partial charge in [0.05, 0.1) is 0 Å². The van der Waals surface area contributed by atoms with Gasteiger partial charge in [-0.1, -0.05) is 0 Å². The van der Waals surface area contributed by atoms with Gasteiger partial charge < -0.3 is 10.4 Å². The first-order valence-electron chi connectivity index (χ1n) is 5.69. The van der Waals surface area contributed by atoms with Gasteiger partial charge in [0.25, 0.3) is 0 Å². The smallest absolute Gasteiger partial charge is 0.321 e. The molecular formula is C11H17N3O3S. The van der Waals surface area contributed by atoms with Crippen molar-refractivity contribution in [3.8, 4) is 0 Å². The molecule has 3 N–H and O–H groups in total. The number of carbonyl (C=O) groups is 2. The van der Waals surface area contributed by atoms with Crippen LogP contribution in [0.2, 0.25) is 0 Å². The fourth-order valence-electron chi connectivity index (χ4n) is 1.40. The lowest BCUT2D eigenvalue weighted by Gasteiger charge is -2.12. The topological polar surface area (TPSA) is 91.3 Å². The number of carboxylic acid groups (broad SMARTS) is 1. The number of urea groups is 1. The lowest BCUT2D eigenvalue weighted by atomic mass is 10.1. The van der Waals surface area contributed by atoms with Crippen molar-refractivity contribution >= 4 is 28.5 Å². The van der Waals surface area contributed by atoms with E-state index < -0.39 is 5.97 Å². The molecule has 0 aliphatic rings. The van der Waals surface area contributed by atoms with Crippen molar-refractivity contribution in [2.45, 2.75) is 39.2 Å². The molecule has 1 atom stereocenters. The number of nitrogens with zero attached hydrogens (tertiary/aromatic N) is 1. The highest BCUT2D eigenvalue weighted by Crippen LogP contribution is 2.16.